The number of hydrogen-bond acceptors (Lipinski definition) is 2. The van der Waals surface area contributed by atoms with Crippen molar-refractivity contribution in [2.24, 2.45) is 0 Å². The van der Waals surface area contributed by atoms with Crippen LogP contribution in [-0.4, -0.2) is 17.2 Å². The lowest BCUT2D eigenvalue weighted by Gasteiger charge is -2.13. The second kappa shape index (κ2) is 4.20. The molecule has 0 fully saturated rings. The normalized spacial score (nSPS) is 11.2. The van der Waals surface area contributed by atoms with Crippen LogP contribution >= 0.6 is 23.2 Å². The number of alkyl halides is 2. The van der Waals surface area contributed by atoms with Crippen molar-refractivity contribution in [2.75, 3.05) is 0 Å². The lowest BCUT2D eigenvalue weighted by Crippen LogP contribution is -2.34. The van der Waals surface area contributed by atoms with Gasteiger partial charge in [0.15, 0.2) is 0 Å². The molecular weight excluding hydrogens is 253 g/mol. The Morgan fingerprint density at radius 3 is 2.13 bits per heavy atom. The molecule has 15 heavy (non-hydrogen) atoms. The number of aliphatic carboxylic acids is 1. The molecule has 0 aliphatic carbocycles. The van der Waals surface area contributed by atoms with Crippen LogP contribution < -0.4 is 4.74 Å². The quantitative estimate of drug-likeness (QED) is 0.905. The molecule has 3 nitrogen and oxygen atoms in total. The highest BCUT2D eigenvalue weighted by atomic mass is 35.5. The zero-order valence-electron chi connectivity index (χ0n) is 7.01. The molecule has 0 radical (unpaired) electrons. The van der Waals surface area contributed by atoms with Crippen LogP contribution in [0.2, 0.25) is 10.0 Å². The van der Waals surface area contributed by atoms with Crippen LogP contribution in [0.25, 0.3) is 0 Å². The van der Waals surface area contributed by atoms with Gasteiger partial charge in [-0.2, -0.15) is 8.78 Å². The Morgan fingerprint density at radius 1 is 1.27 bits per heavy atom. The van der Waals surface area contributed by atoms with Crippen LogP contribution in [0.4, 0.5) is 8.78 Å². The third-order valence-electron chi connectivity index (χ3n) is 1.33. The minimum absolute atomic E-state index is 0.0682. The van der Waals surface area contributed by atoms with Crippen LogP contribution in [0.3, 0.4) is 0 Å². The Labute approximate surface area is 93.2 Å². The monoisotopic (exact) mass is 256 g/mol. The average molecular weight is 257 g/mol. The number of carboxylic acids is 1. The molecule has 1 N–H and O–H groups in total. The summed E-state index contributed by atoms with van der Waals surface area (Å²) >= 11 is 11.0. The molecule has 0 atom stereocenters. The van der Waals surface area contributed by atoms with Crippen LogP contribution in [0, 0.1) is 0 Å². The molecule has 0 aliphatic rings. The first-order chi connectivity index (χ1) is 6.81. The van der Waals surface area contributed by atoms with E-state index in [0.717, 1.165) is 12.1 Å². The molecule has 1 rings (SSSR count). The minimum atomic E-state index is -4.31. The van der Waals surface area contributed by atoms with Crippen molar-refractivity contribution in [1.29, 1.82) is 0 Å². The molecule has 0 unspecified atom stereocenters. The number of halogens is 4. The van der Waals surface area contributed by atoms with Gasteiger partial charge in [-0.3, -0.25) is 0 Å². The summed E-state index contributed by atoms with van der Waals surface area (Å²) in [5.41, 5.74) is 0. The molecule has 0 bridgehead atoms. The Hall–Kier alpha value is -1.07. The maximum atomic E-state index is 12.6. The number of hydrogen-bond donors (Lipinski definition) is 1. The van der Waals surface area contributed by atoms with E-state index in [9.17, 15) is 13.6 Å². The van der Waals surface area contributed by atoms with E-state index in [1.807, 2.05) is 0 Å². The second-order valence-corrected chi connectivity index (χ2v) is 3.40. The van der Waals surface area contributed by atoms with Crippen LogP contribution in [0.15, 0.2) is 18.2 Å². The van der Waals surface area contributed by atoms with Gasteiger partial charge in [-0.15, -0.1) is 0 Å². The summed E-state index contributed by atoms with van der Waals surface area (Å²) in [6.07, 6.45) is -4.31. The van der Waals surface area contributed by atoms with Gasteiger partial charge in [0.1, 0.15) is 5.75 Å². The highest BCUT2D eigenvalue weighted by Crippen LogP contribution is 2.28. The van der Waals surface area contributed by atoms with Gasteiger partial charge in [-0.1, -0.05) is 23.2 Å². The topological polar surface area (TPSA) is 46.5 Å². The van der Waals surface area contributed by atoms with Gasteiger partial charge >= 0.3 is 12.1 Å². The van der Waals surface area contributed by atoms with E-state index >= 15 is 0 Å². The van der Waals surface area contributed by atoms with Gasteiger partial charge in [0.2, 0.25) is 0 Å². The van der Waals surface area contributed by atoms with Crippen molar-refractivity contribution >= 4 is 29.2 Å². The lowest BCUT2D eigenvalue weighted by molar-refractivity contribution is -0.210. The Balaban J connectivity index is 2.94. The molecule has 0 saturated heterocycles. The summed E-state index contributed by atoms with van der Waals surface area (Å²) in [6, 6.07) is 3.36. The summed E-state index contributed by atoms with van der Waals surface area (Å²) in [5.74, 6) is -2.81. The molecule has 0 heterocycles. The fourth-order valence-corrected chi connectivity index (χ4v) is 1.29. The first kappa shape index (κ1) is 12.0. The largest absolute Gasteiger partial charge is 0.501 e. The van der Waals surface area contributed by atoms with Gasteiger partial charge in [0.05, 0.1) is 0 Å². The van der Waals surface area contributed by atoms with E-state index in [-0.39, 0.29) is 10.0 Å². The van der Waals surface area contributed by atoms with Gasteiger partial charge in [-0.25, -0.2) is 4.79 Å². The molecule has 0 aromatic heterocycles. The Kier molecular flexibility index (Phi) is 3.36. The SMILES string of the molecule is O=C(O)C(F)(F)Oc1cc(Cl)cc(Cl)c1. The molecule has 82 valence electrons. The fraction of sp³-hybridized carbons (Fsp3) is 0.125. The summed E-state index contributed by atoms with van der Waals surface area (Å²) in [4.78, 5) is 10.1. The number of carboxylic acid groups (broad SMARTS) is 1. The minimum Gasteiger partial charge on any atom is -0.474 e. The van der Waals surface area contributed by atoms with Gasteiger partial charge in [0.25, 0.3) is 0 Å². The van der Waals surface area contributed by atoms with Crippen molar-refractivity contribution in [3.63, 3.8) is 0 Å². The second-order valence-electron chi connectivity index (χ2n) is 2.53. The Morgan fingerprint density at radius 2 is 1.73 bits per heavy atom. The van der Waals surface area contributed by atoms with Crippen molar-refractivity contribution in [1.82, 2.24) is 0 Å². The van der Waals surface area contributed by atoms with Gasteiger partial charge < -0.3 is 9.84 Å². The molecule has 0 saturated carbocycles. The van der Waals surface area contributed by atoms with Crippen molar-refractivity contribution < 1.29 is 23.4 Å². The van der Waals surface area contributed by atoms with E-state index in [1.165, 1.54) is 6.07 Å². The third kappa shape index (κ3) is 3.21. The van der Waals surface area contributed by atoms with E-state index in [4.69, 9.17) is 28.3 Å². The molecular formula is C8H4Cl2F2O3. The summed E-state index contributed by atoms with van der Waals surface area (Å²) in [6.45, 7) is 0. The number of ether oxygens (including phenoxy) is 1. The highest BCUT2D eigenvalue weighted by Gasteiger charge is 2.42. The van der Waals surface area contributed by atoms with Crippen molar-refractivity contribution in [3.05, 3.63) is 28.2 Å². The third-order valence-corrected chi connectivity index (χ3v) is 1.77. The molecule has 1 aromatic rings. The Bertz CT molecular complexity index is 375. The average Bonchev–Trinajstić information content (AvgIpc) is 1.99. The van der Waals surface area contributed by atoms with Crippen molar-refractivity contribution in [3.8, 4) is 5.75 Å². The van der Waals surface area contributed by atoms with Crippen LogP contribution in [0.1, 0.15) is 0 Å². The summed E-state index contributed by atoms with van der Waals surface area (Å²) < 4.78 is 29.1. The van der Waals surface area contributed by atoms with E-state index in [1.54, 1.807) is 0 Å². The summed E-state index contributed by atoms with van der Waals surface area (Å²) in [7, 11) is 0. The van der Waals surface area contributed by atoms with Gasteiger partial charge in [0, 0.05) is 10.0 Å². The first-order valence-corrected chi connectivity index (χ1v) is 4.33. The maximum absolute atomic E-state index is 12.6. The van der Waals surface area contributed by atoms with Crippen LogP contribution in [0.5, 0.6) is 5.75 Å². The van der Waals surface area contributed by atoms with E-state index in [0.29, 0.717) is 0 Å². The predicted octanol–water partition coefficient (Wildman–Crippen LogP) is 3.05. The highest BCUT2D eigenvalue weighted by molar-refractivity contribution is 6.34. The number of carbonyl (C=O) groups is 1. The van der Waals surface area contributed by atoms with Gasteiger partial charge in [-0.05, 0) is 18.2 Å². The van der Waals surface area contributed by atoms with Crippen LogP contribution in [-0.2, 0) is 4.79 Å². The standard InChI is InChI=1S/C8H4Cl2F2O3/c9-4-1-5(10)3-6(2-4)15-8(11,12)7(13)14/h1-3H,(H,13,14). The van der Waals surface area contributed by atoms with E-state index < -0.39 is 17.8 Å². The zero-order chi connectivity index (χ0) is 11.6. The maximum Gasteiger partial charge on any atom is 0.501 e. The zero-order valence-corrected chi connectivity index (χ0v) is 8.52. The summed E-state index contributed by atoms with van der Waals surface area (Å²) in [5, 5.41) is 8.24. The molecule has 0 amide bonds. The number of rotatable bonds is 3. The smallest absolute Gasteiger partial charge is 0.474 e. The molecule has 0 aliphatic heterocycles. The number of benzene rings is 1. The molecule has 0 spiro atoms. The fourth-order valence-electron chi connectivity index (χ4n) is 0.779. The predicted molar refractivity (Wildman–Crippen MR) is 49.7 cm³/mol. The first-order valence-electron chi connectivity index (χ1n) is 3.57. The molecule has 1 aromatic carbocycles. The molecule has 7 heteroatoms. The van der Waals surface area contributed by atoms with Crippen molar-refractivity contribution in [2.45, 2.75) is 6.11 Å². The lowest BCUT2D eigenvalue weighted by atomic mass is 10.3. The van der Waals surface area contributed by atoms with E-state index in [2.05, 4.69) is 4.74 Å².